The maximum absolute atomic E-state index is 14.2. The molecule has 18 nitrogen and oxygen atoms in total. The van der Waals surface area contributed by atoms with Crippen molar-refractivity contribution >= 4 is 53.3 Å². The molecule has 0 unspecified atom stereocenters. The molecule has 360 valence electrons. The fraction of sp³-hybridized carbons (Fsp3) is 0.800. The van der Waals surface area contributed by atoms with Gasteiger partial charge >= 0.3 is 11.9 Å². The summed E-state index contributed by atoms with van der Waals surface area (Å²) in [6, 6.07) is -7.57. The fourth-order valence-electron chi connectivity index (χ4n) is 7.72. The molecule has 0 aromatic carbocycles. The van der Waals surface area contributed by atoms with Crippen LogP contribution in [0.3, 0.4) is 0 Å². The number of hydrogen-bond acceptors (Lipinski definition) is 11. The number of esters is 2. The zero-order valence-corrected chi connectivity index (χ0v) is 41.4. The lowest BCUT2D eigenvalue weighted by molar-refractivity contribution is -0.169. The largest absolute Gasteiger partial charge is 0.452 e. The van der Waals surface area contributed by atoms with Gasteiger partial charge in [-0.2, -0.15) is 0 Å². The molecular weight excluding hydrogens is 815 g/mol. The monoisotopic (exact) mass is 894 g/mol. The summed E-state index contributed by atoms with van der Waals surface area (Å²) in [7, 11) is 5.69. The van der Waals surface area contributed by atoms with Crippen molar-refractivity contribution in [3.63, 3.8) is 0 Å². The van der Waals surface area contributed by atoms with Crippen molar-refractivity contribution in [2.75, 3.05) is 28.2 Å². The summed E-state index contributed by atoms with van der Waals surface area (Å²) in [6.07, 6.45) is -1.94. The zero-order valence-electron chi connectivity index (χ0n) is 41.4. The maximum Gasteiger partial charge on any atom is 0.329 e. The molecule has 1 fully saturated rings. The molecule has 1 aliphatic heterocycles. The van der Waals surface area contributed by atoms with Crippen LogP contribution in [0, 0.1) is 35.5 Å². The van der Waals surface area contributed by atoms with E-state index in [0.29, 0.717) is 6.42 Å². The molecular formula is C45H79N7O11. The Balaban J connectivity index is 3.91. The second kappa shape index (κ2) is 24.3. The molecule has 0 aromatic rings. The van der Waals surface area contributed by atoms with Crippen LogP contribution < -0.4 is 16.0 Å². The lowest BCUT2D eigenvalue weighted by Crippen LogP contribution is -2.61. The van der Waals surface area contributed by atoms with E-state index in [9.17, 15) is 43.2 Å². The number of nitrogens with zero attached hydrogens (tertiary/aromatic N) is 4. The Morgan fingerprint density at radius 1 is 0.508 bits per heavy atom. The Bertz CT molecular complexity index is 1650. The number of ether oxygens (including phenoxy) is 2. The third-order valence-corrected chi connectivity index (χ3v) is 12.3. The molecule has 0 bridgehead atoms. The molecule has 18 heteroatoms. The smallest absolute Gasteiger partial charge is 0.329 e. The summed E-state index contributed by atoms with van der Waals surface area (Å²) in [5.74, 6) is -9.43. The van der Waals surface area contributed by atoms with Gasteiger partial charge in [-0.15, -0.1) is 0 Å². The highest BCUT2D eigenvalue weighted by atomic mass is 16.6. The highest BCUT2D eigenvalue weighted by Crippen LogP contribution is 2.23. The summed E-state index contributed by atoms with van der Waals surface area (Å²) in [5.41, 5.74) is 0. The van der Waals surface area contributed by atoms with Crippen molar-refractivity contribution < 1.29 is 52.6 Å². The number of cyclic esters (lactones) is 2. The minimum atomic E-state index is -1.35. The quantitative estimate of drug-likeness (QED) is 0.315. The fourth-order valence-corrected chi connectivity index (χ4v) is 7.72. The van der Waals surface area contributed by atoms with Gasteiger partial charge in [-0.25, -0.2) is 4.79 Å². The first-order valence-electron chi connectivity index (χ1n) is 22.4. The van der Waals surface area contributed by atoms with Crippen molar-refractivity contribution in [2.24, 2.45) is 35.5 Å². The third kappa shape index (κ3) is 14.1. The van der Waals surface area contributed by atoms with E-state index in [1.165, 1.54) is 68.6 Å². The molecule has 1 heterocycles. The van der Waals surface area contributed by atoms with Crippen molar-refractivity contribution in [1.82, 2.24) is 35.6 Å². The Morgan fingerprint density at radius 3 is 1.48 bits per heavy atom. The van der Waals surface area contributed by atoms with Crippen molar-refractivity contribution in [1.29, 1.82) is 0 Å². The summed E-state index contributed by atoms with van der Waals surface area (Å²) >= 11 is 0. The number of hydrogen-bond donors (Lipinski definition) is 3. The summed E-state index contributed by atoms with van der Waals surface area (Å²) < 4.78 is 11.5. The first kappa shape index (κ1) is 56.2. The van der Waals surface area contributed by atoms with Crippen LogP contribution in [0.5, 0.6) is 0 Å². The number of rotatable bonds is 7. The number of amides is 7. The molecule has 0 spiro atoms. The van der Waals surface area contributed by atoms with Crippen LogP contribution in [0.1, 0.15) is 117 Å². The predicted molar refractivity (Wildman–Crippen MR) is 237 cm³/mol. The van der Waals surface area contributed by atoms with Crippen LogP contribution >= 0.6 is 0 Å². The van der Waals surface area contributed by atoms with Gasteiger partial charge in [-0.3, -0.25) is 38.4 Å². The molecule has 0 radical (unpaired) electrons. The first-order valence-corrected chi connectivity index (χ1v) is 22.4. The summed E-state index contributed by atoms with van der Waals surface area (Å²) in [4.78, 5) is 130. The van der Waals surface area contributed by atoms with E-state index in [1.54, 1.807) is 76.2 Å². The van der Waals surface area contributed by atoms with Gasteiger partial charge in [0.25, 0.3) is 11.8 Å². The summed E-state index contributed by atoms with van der Waals surface area (Å²) in [6.45, 7) is 24.9. The molecule has 1 saturated heterocycles. The van der Waals surface area contributed by atoms with Crippen LogP contribution in [0.25, 0.3) is 0 Å². The Labute approximate surface area is 375 Å². The van der Waals surface area contributed by atoms with Crippen LogP contribution in [0.2, 0.25) is 0 Å². The summed E-state index contributed by atoms with van der Waals surface area (Å²) in [5, 5.41) is 8.25. The number of carbonyl (C=O) groups excluding carboxylic acids is 9. The molecule has 0 aromatic heterocycles. The molecule has 1 rings (SSSR count). The average molecular weight is 894 g/mol. The maximum atomic E-state index is 14.2. The SMILES string of the molecule is CC[C@H](C)[C@H]1C(=O)N[C@@H](C)C(=O)N(C)[C@@H](C(C)C)C(=O)N(C)[C@@H](C)C(=O)N[C@@H](C(C)C)C(=O)N(C)[C@@H](C(C)C)C(=O)O[C@@H](C)C(=O)N[C@H](CC)[C@H](C)C(=O)O[C@@H](C(C)C)C(=O)N1C. The van der Waals surface area contributed by atoms with Crippen molar-refractivity contribution in [3.8, 4) is 0 Å². The van der Waals surface area contributed by atoms with E-state index in [4.69, 9.17) is 9.47 Å². The van der Waals surface area contributed by atoms with Gasteiger partial charge in [0.2, 0.25) is 29.5 Å². The van der Waals surface area contributed by atoms with Gasteiger partial charge in [0.05, 0.1) is 5.92 Å². The van der Waals surface area contributed by atoms with Crippen molar-refractivity contribution in [2.45, 2.75) is 171 Å². The molecule has 0 aliphatic carbocycles. The van der Waals surface area contributed by atoms with Crippen LogP contribution in [0.4, 0.5) is 0 Å². The lowest BCUT2D eigenvalue weighted by atomic mass is 9.95. The second-order valence-electron chi connectivity index (χ2n) is 18.6. The Morgan fingerprint density at radius 2 is 1.02 bits per heavy atom. The minimum Gasteiger partial charge on any atom is -0.452 e. The van der Waals surface area contributed by atoms with Gasteiger partial charge in [0.15, 0.2) is 12.2 Å². The van der Waals surface area contributed by atoms with Crippen LogP contribution in [-0.4, -0.2) is 156 Å². The molecule has 63 heavy (non-hydrogen) atoms. The third-order valence-electron chi connectivity index (χ3n) is 12.3. The van der Waals surface area contributed by atoms with E-state index >= 15 is 0 Å². The number of likely N-dealkylation sites (N-methyl/N-ethyl adjacent to an activating group) is 4. The van der Waals surface area contributed by atoms with Crippen LogP contribution in [-0.2, 0) is 52.6 Å². The highest BCUT2D eigenvalue weighted by Gasteiger charge is 2.43. The van der Waals surface area contributed by atoms with E-state index in [-0.39, 0.29) is 6.42 Å². The topological polar surface area (TPSA) is 221 Å². The molecule has 3 N–H and O–H groups in total. The zero-order chi connectivity index (χ0) is 49.1. The van der Waals surface area contributed by atoms with Gasteiger partial charge in [-0.1, -0.05) is 82.6 Å². The van der Waals surface area contributed by atoms with E-state index in [0.717, 1.165) is 0 Å². The lowest BCUT2D eigenvalue weighted by Gasteiger charge is -2.38. The minimum absolute atomic E-state index is 0.264. The molecule has 1 aliphatic rings. The normalized spacial score (nSPS) is 30.0. The number of nitrogens with one attached hydrogen (secondary N) is 3. The van der Waals surface area contributed by atoms with Crippen molar-refractivity contribution in [3.05, 3.63) is 0 Å². The van der Waals surface area contributed by atoms with Gasteiger partial charge in [-0.05, 0) is 63.7 Å². The van der Waals surface area contributed by atoms with E-state index in [1.807, 2.05) is 6.92 Å². The number of carbonyl (C=O) groups is 9. The predicted octanol–water partition coefficient (Wildman–Crippen LogP) is 2.36. The molecule has 11 atom stereocenters. The Kier molecular flexibility index (Phi) is 21.7. The van der Waals surface area contributed by atoms with Gasteiger partial charge in [0.1, 0.15) is 36.3 Å². The van der Waals surface area contributed by atoms with E-state index in [2.05, 4.69) is 16.0 Å². The molecule has 7 amide bonds. The Hall–Kier alpha value is -4.77. The average Bonchev–Trinajstić information content (AvgIpc) is 3.20. The van der Waals surface area contributed by atoms with Gasteiger partial charge < -0.3 is 45.0 Å². The van der Waals surface area contributed by atoms with Gasteiger partial charge in [0, 0.05) is 34.2 Å². The molecule has 0 saturated carbocycles. The standard InChI is InChI=1S/C45H79N7O11/c1-20-26(11)35-39(55)46-28(13)40(56)50(17)33(23(5)6)42(58)49(16)29(14)37(53)48-32(22(3)4)41(57)51(18)34(24(7)8)45(61)62-30(15)38(54)47-31(21-2)27(12)44(60)63-36(25(9)10)43(59)52(35)19/h22-36H,20-21H2,1-19H3,(H,46,55)(H,47,54)(H,48,53)/t26-,27-,28-,29-,30-,31+,32-,33-,34-,35-,36-/m0/s1. The highest BCUT2D eigenvalue weighted by molar-refractivity contribution is 5.97. The first-order chi connectivity index (χ1) is 29.0. The van der Waals surface area contributed by atoms with Crippen LogP contribution in [0.15, 0.2) is 0 Å². The van der Waals surface area contributed by atoms with E-state index < -0.39 is 143 Å². The second-order valence-corrected chi connectivity index (χ2v) is 18.6.